The van der Waals surface area contributed by atoms with Crippen molar-refractivity contribution in [3.05, 3.63) is 76.0 Å². The van der Waals surface area contributed by atoms with Gasteiger partial charge >= 0.3 is 5.97 Å². The molecule has 0 radical (unpaired) electrons. The van der Waals surface area contributed by atoms with Gasteiger partial charge in [0.05, 0.1) is 5.56 Å². The maximum atomic E-state index is 11.8. The van der Waals surface area contributed by atoms with Crippen LogP contribution in [0, 0.1) is 13.8 Å². The highest BCUT2D eigenvalue weighted by Gasteiger charge is 2.20. The molecule has 0 aliphatic heterocycles. The van der Waals surface area contributed by atoms with Gasteiger partial charge in [-0.25, -0.2) is 4.79 Å². The van der Waals surface area contributed by atoms with Gasteiger partial charge in [-0.15, -0.1) is 0 Å². The van der Waals surface area contributed by atoms with Crippen LogP contribution in [0.2, 0.25) is 0 Å². The van der Waals surface area contributed by atoms with E-state index in [1.165, 1.54) is 5.56 Å². The smallest absolute Gasteiger partial charge is 0.338 e. The number of nitrogens with zero attached hydrogens (tertiary/aromatic N) is 1. The van der Waals surface area contributed by atoms with E-state index in [2.05, 4.69) is 15.9 Å². The number of aromatic nitrogens is 1. The first-order valence-corrected chi connectivity index (χ1v) is 8.05. The van der Waals surface area contributed by atoms with Crippen LogP contribution in [0.15, 0.2) is 59.2 Å². The second-order valence-electron chi connectivity index (χ2n) is 5.52. The van der Waals surface area contributed by atoms with Crippen molar-refractivity contribution in [3.8, 4) is 16.8 Å². The second-order valence-corrected chi connectivity index (χ2v) is 6.44. The molecule has 0 amide bonds. The Bertz CT molecular complexity index is 862. The molecule has 0 aliphatic carbocycles. The largest absolute Gasteiger partial charge is 0.478 e. The maximum Gasteiger partial charge on any atom is 0.338 e. The number of benzene rings is 2. The van der Waals surface area contributed by atoms with E-state index in [-0.39, 0.29) is 0 Å². The number of carboxylic acids is 1. The van der Waals surface area contributed by atoms with Gasteiger partial charge in [-0.2, -0.15) is 0 Å². The standard InChI is InChI=1S/C19H16BrNO2/c1-12-3-9-16(10-4-12)21-11-17(18(13(21)2)19(22)23)14-5-7-15(20)8-6-14/h3-11H,1-2H3,(H,22,23). The molecule has 0 unspecified atom stereocenters. The molecule has 4 heteroatoms. The predicted molar refractivity (Wildman–Crippen MR) is 95.3 cm³/mol. The normalized spacial score (nSPS) is 10.7. The highest BCUT2D eigenvalue weighted by molar-refractivity contribution is 9.10. The van der Waals surface area contributed by atoms with E-state index in [1.807, 2.05) is 73.1 Å². The molecule has 0 spiro atoms. The van der Waals surface area contributed by atoms with E-state index >= 15 is 0 Å². The topological polar surface area (TPSA) is 42.2 Å². The summed E-state index contributed by atoms with van der Waals surface area (Å²) in [6, 6.07) is 15.7. The summed E-state index contributed by atoms with van der Waals surface area (Å²) in [7, 11) is 0. The lowest BCUT2D eigenvalue weighted by atomic mass is 10.0. The van der Waals surface area contributed by atoms with Crippen molar-refractivity contribution in [3.63, 3.8) is 0 Å². The van der Waals surface area contributed by atoms with Crippen LogP contribution in [-0.4, -0.2) is 15.6 Å². The highest BCUT2D eigenvalue weighted by atomic mass is 79.9. The zero-order chi connectivity index (χ0) is 16.6. The van der Waals surface area contributed by atoms with Gasteiger partial charge in [0, 0.05) is 27.6 Å². The molecular formula is C19H16BrNO2. The molecule has 3 rings (SSSR count). The summed E-state index contributed by atoms with van der Waals surface area (Å²) in [4.78, 5) is 11.8. The third-order valence-corrected chi connectivity index (χ3v) is 4.46. The Morgan fingerprint density at radius 1 is 1.00 bits per heavy atom. The molecule has 1 heterocycles. The second kappa shape index (κ2) is 6.05. The number of hydrogen-bond acceptors (Lipinski definition) is 1. The van der Waals surface area contributed by atoms with Crippen LogP contribution in [0.4, 0.5) is 0 Å². The number of halogens is 1. The van der Waals surface area contributed by atoms with Gasteiger partial charge in [0.15, 0.2) is 0 Å². The molecule has 0 fully saturated rings. The summed E-state index contributed by atoms with van der Waals surface area (Å²) in [5.74, 6) is -0.911. The lowest BCUT2D eigenvalue weighted by molar-refractivity contribution is 0.0697. The zero-order valence-electron chi connectivity index (χ0n) is 12.9. The Hall–Kier alpha value is -2.33. The summed E-state index contributed by atoms with van der Waals surface area (Å²) >= 11 is 3.41. The SMILES string of the molecule is Cc1ccc(-n2cc(-c3ccc(Br)cc3)c(C(=O)O)c2C)cc1. The minimum Gasteiger partial charge on any atom is -0.478 e. The van der Waals surface area contributed by atoms with Gasteiger partial charge < -0.3 is 9.67 Å². The van der Waals surface area contributed by atoms with Gasteiger partial charge in [-0.1, -0.05) is 45.8 Å². The molecule has 2 aromatic carbocycles. The highest BCUT2D eigenvalue weighted by Crippen LogP contribution is 2.31. The molecule has 1 aromatic heterocycles. The number of aromatic carboxylic acids is 1. The quantitative estimate of drug-likeness (QED) is 0.687. The molecule has 3 nitrogen and oxygen atoms in total. The molecule has 0 saturated heterocycles. The Morgan fingerprint density at radius 3 is 2.17 bits per heavy atom. The minimum atomic E-state index is -0.911. The Morgan fingerprint density at radius 2 is 1.61 bits per heavy atom. The predicted octanol–water partition coefficient (Wildman–Crippen LogP) is 5.22. The summed E-state index contributed by atoms with van der Waals surface area (Å²) in [5, 5.41) is 9.64. The average Bonchev–Trinajstić information content (AvgIpc) is 2.86. The number of hydrogen-bond donors (Lipinski definition) is 1. The van der Waals surface area contributed by atoms with Crippen LogP contribution in [-0.2, 0) is 0 Å². The summed E-state index contributed by atoms with van der Waals surface area (Å²) in [6.07, 6.45) is 1.90. The molecule has 0 aliphatic rings. The maximum absolute atomic E-state index is 11.8. The molecule has 23 heavy (non-hydrogen) atoms. The molecule has 116 valence electrons. The van der Waals surface area contributed by atoms with E-state index in [0.717, 1.165) is 27.0 Å². The van der Waals surface area contributed by atoms with Crippen LogP contribution in [0.1, 0.15) is 21.6 Å². The molecular weight excluding hydrogens is 354 g/mol. The first-order chi connectivity index (χ1) is 11.0. The van der Waals surface area contributed by atoms with Crippen molar-refractivity contribution in [1.29, 1.82) is 0 Å². The minimum absolute atomic E-state index is 0.341. The fraction of sp³-hybridized carbons (Fsp3) is 0.105. The Labute approximate surface area is 143 Å². The molecule has 0 atom stereocenters. The monoisotopic (exact) mass is 369 g/mol. The number of aryl methyl sites for hydroxylation is 1. The van der Waals surface area contributed by atoms with E-state index in [0.29, 0.717) is 5.56 Å². The molecule has 0 bridgehead atoms. The van der Waals surface area contributed by atoms with Gasteiger partial charge in [-0.05, 0) is 43.7 Å². The van der Waals surface area contributed by atoms with Gasteiger partial charge in [-0.3, -0.25) is 0 Å². The van der Waals surface area contributed by atoms with E-state index in [1.54, 1.807) is 0 Å². The first kappa shape index (κ1) is 15.6. The van der Waals surface area contributed by atoms with Crippen LogP contribution in [0.5, 0.6) is 0 Å². The van der Waals surface area contributed by atoms with Crippen LogP contribution < -0.4 is 0 Å². The number of carboxylic acid groups (broad SMARTS) is 1. The van der Waals surface area contributed by atoms with E-state index in [9.17, 15) is 9.90 Å². The third-order valence-electron chi connectivity index (χ3n) is 3.93. The van der Waals surface area contributed by atoms with E-state index < -0.39 is 5.97 Å². The van der Waals surface area contributed by atoms with Crippen molar-refractivity contribution in [2.75, 3.05) is 0 Å². The first-order valence-electron chi connectivity index (χ1n) is 7.25. The van der Waals surface area contributed by atoms with Gasteiger partial charge in [0.1, 0.15) is 0 Å². The summed E-state index contributed by atoms with van der Waals surface area (Å²) in [5.41, 5.74) is 4.80. The third kappa shape index (κ3) is 2.94. The van der Waals surface area contributed by atoms with Crippen molar-refractivity contribution in [2.24, 2.45) is 0 Å². The molecule has 3 aromatic rings. The van der Waals surface area contributed by atoms with Crippen molar-refractivity contribution in [1.82, 2.24) is 4.57 Å². The van der Waals surface area contributed by atoms with Gasteiger partial charge in [0.25, 0.3) is 0 Å². The fourth-order valence-corrected chi connectivity index (χ4v) is 2.96. The fourth-order valence-electron chi connectivity index (χ4n) is 2.70. The lowest BCUT2D eigenvalue weighted by Gasteiger charge is -2.06. The average molecular weight is 370 g/mol. The lowest BCUT2D eigenvalue weighted by Crippen LogP contribution is -2.02. The van der Waals surface area contributed by atoms with Crippen LogP contribution >= 0.6 is 15.9 Å². The Balaban J connectivity index is 2.20. The van der Waals surface area contributed by atoms with Crippen molar-refractivity contribution in [2.45, 2.75) is 13.8 Å². The van der Waals surface area contributed by atoms with E-state index in [4.69, 9.17) is 0 Å². The number of rotatable bonds is 3. The van der Waals surface area contributed by atoms with Crippen LogP contribution in [0.3, 0.4) is 0 Å². The summed E-state index contributed by atoms with van der Waals surface area (Å²) < 4.78 is 2.90. The molecule has 0 saturated carbocycles. The van der Waals surface area contributed by atoms with Crippen molar-refractivity contribution >= 4 is 21.9 Å². The summed E-state index contributed by atoms with van der Waals surface area (Å²) in [6.45, 7) is 3.87. The van der Waals surface area contributed by atoms with Crippen molar-refractivity contribution < 1.29 is 9.90 Å². The zero-order valence-corrected chi connectivity index (χ0v) is 14.5. The van der Waals surface area contributed by atoms with Crippen LogP contribution in [0.25, 0.3) is 16.8 Å². The van der Waals surface area contributed by atoms with Gasteiger partial charge in [0.2, 0.25) is 0 Å². The Kier molecular flexibility index (Phi) is 4.09. The molecule has 1 N–H and O–H groups in total. The number of carbonyl (C=O) groups is 1.